The van der Waals surface area contributed by atoms with Gasteiger partial charge in [-0.25, -0.2) is 9.18 Å². The molecule has 3 N–H and O–H groups in total. The highest BCUT2D eigenvalue weighted by atomic mass is 19.1. The first kappa shape index (κ1) is 15.7. The Bertz CT molecular complexity index is 493. The highest BCUT2D eigenvalue weighted by Crippen LogP contribution is 2.20. The smallest absolute Gasteiger partial charge is 0.319 e. The molecule has 1 rings (SSSR count). The van der Waals surface area contributed by atoms with Crippen LogP contribution in [-0.4, -0.2) is 30.8 Å². The fourth-order valence-corrected chi connectivity index (χ4v) is 1.45. The van der Waals surface area contributed by atoms with Crippen LogP contribution in [0.5, 0.6) is 5.75 Å². The normalized spacial score (nSPS) is 11.6. The number of hydrogen-bond acceptors (Lipinski definition) is 3. The van der Waals surface area contributed by atoms with E-state index in [9.17, 15) is 14.0 Å². The number of anilines is 1. The summed E-state index contributed by atoms with van der Waals surface area (Å²) in [6.45, 7) is 1.78. The lowest BCUT2D eigenvalue weighted by Crippen LogP contribution is -2.31. The van der Waals surface area contributed by atoms with Crippen molar-refractivity contribution in [3.05, 3.63) is 24.0 Å². The predicted molar refractivity (Wildman–Crippen MR) is 71.4 cm³/mol. The number of aliphatic carboxylic acids is 1. The number of methoxy groups -OCH3 is 1. The van der Waals surface area contributed by atoms with Gasteiger partial charge in [0.15, 0.2) is 11.6 Å². The van der Waals surface area contributed by atoms with Crippen molar-refractivity contribution in [2.45, 2.75) is 13.3 Å². The number of amides is 2. The van der Waals surface area contributed by atoms with E-state index in [-0.39, 0.29) is 18.0 Å². The zero-order valence-electron chi connectivity index (χ0n) is 11.3. The Balaban J connectivity index is 2.43. The van der Waals surface area contributed by atoms with E-state index in [1.807, 2.05) is 0 Å². The molecule has 2 amide bonds. The van der Waals surface area contributed by atoms with Crippen LogP contribution in [0.4, 0.5) is 14.9 Å². The van der Waals surface area contributed by atoms with E-state index in [2.05, 4.69) is 10.6 Å². The second-order valence-corrected chi connectivity index (χ2v) is 4.26. The van der Waals surface area contributed by atoms with Crippen LogP contribution in [0.25, 0.3) is 0 Å². The number of halogens is 1. The molecule has 0 fully saturated rings. The summed E-state index contributed by atoms with van der Waals surface area (Å²) in [5, 5.41) is 13.6. The molecule has 0 heterocycles. The lowest BCUT2D eigenvalue weighted by Gasteiger charge is -2.10. The summed E-state index contributed by atoms with van der Waals surface area (Å²) >= 11 is 0. The van der Waals surface area contributed by atoms with Crippen LogP contribution < -0.4 is 15.4 Å². The largest absolute Gasteiger partial charge is 0.494 e. The molecule has 0 aliphatic heterocycles. The van der Waals surface area contributed by atoms with E-state index in [1.54, 1.807) is 6.92 Å². The summed E-state index contributed by atoms with van der Waals surface area (Å²) < 4.78 is 18.1. The van der Waals surface area contributed by atoms with Crippen LogP contribution in [0, 0.1) is 11.7 Å². The van der Waals surface area contributed by atoms with E-state index < -0.39 is 23.7 Å². The highest BCUT2D eigenvalue weighted by Gasteiger charge is 2.11. The van der Waals surface area contributed by atoms with Gasteiger partial charge in [0.2, 0.25) is 0 Å². The third-order valence-corrected chi connectivity index (χ3v) is 2.69. The van der Waals surface area contributed by atoms with Crippen molar-refractivity contribution in [2.24, 2.45) is 5.92 Å². The molecule has 6 nitrogen and oxygen atoms in total. The highest BCUT2D eigenvalue weighted by molar-refractivity contribution is 5.89. The molecule has 1 aromatic carbocycles. The van der Waals surface area contributed by atoms with Crippen LogP contribution in [0.3, 0.4) is 0 Å². The van der Waals surface area contributed by atoms with E-state index >= 15 is 0 Å². The summed E-state index contributed by atoms with van der Waals surface area (Å²) in [4.78, 5) is 22.1. The number of carbonyl (C=O) groups excluding carboxylic acids is 1. The Kier molecular flexibility index (Phi) is 5.76. The monoisotopic (exact) mass is 284 g/mol. The molecule has 1 atom stereocenters. The average Bonchev–Trinajstić information content (AvgIpc) is 2.38. The molecule has 0 bridgehead atoms. The lowest BCUT2D eigenvalue weighted by atomic mass is 10.1. The molecule has 0 aliphatic carbocycles. The zero-order valence-corrected chi connectivity index (χ0v) is 11.3. The molecule has 0 aliphatic rings. The van der Waals surface area contributed by atoms with Gasteiger partial charge in [0.05, 0.1) is 13.0 Å². The van der Waals surface area contributed by atoms with Crippen LogP contribution in [0.15, 0.2) is 18.2 Å². The van der Waals surface area contributed by atoms with E-state index in [0.717, 1.165) is 6.07 Å². The zero-order chi connectivity index (χ0) is 15.1. The quantitative estimate of drug-likeness (QED) is 0.746. The number of carboxylic acid groups (broad SMARTS) is 1. The third-order valence-electron chi connectivity index (χ3n) is 2.69. The number of ether oxygens (including phenoxy) is 1. The van der Waals surface area contributed by atoms with Crippen molar-refractivity contribution in [1.82, 2.24) is 5.32 Å². The predicted octanol–water partition coefficient (Wildman–Crippen LogP) is 2.07. The Morgan fingerprint density at radius 1 is 1.45 bits per heavy atom. The van der Waals surface area contributed by atoms with Crippen LogP contribution in [0.2, 0.25) is 0 Å². The molecule has 0 saturated heterocycles. The van der Waals surface area contributed by atoms with Gasteiger partial charge in [-0.1, -0.05) is 6.92 Å². The molecule has 0 radical (unpaired) electrons. The fourth-order valence-electron chi connectivity index (χ4n) is 1.45. The summed E-state index contributed by atoms with van der Waals surface area (Å²) in [5.41, 5.74) is 0.284. The Morgan fingerprint density at radius 3 is 2.70 bits per heavy atom. The molecule has 0 spiro atoms. The topological polar surface area (TPSA) is 87.7 Å². The Hall–Kier alpha value is -2.31. The first-order valence-corrected chi connectivity index (χ1v) is 6.05. The van der Waals surface area contributed by atoms with Gasteiger partial charge in [0, 0.05) is 18.3 Å². The lowest BCUT2D eigenvalue weighted by molar-refractivity contribution is -0.141. The molecule has 0 aromatic heterocycles. The van der Waals surface area contributed by atoms with Crippen molar-refractivity contribution in [3.8, 4) is 5.75 Å². The van der Waals surface area contributed by atoms with Gasteiger partial charge in [-0.2, -0.15) is 0 Å². The molecule has 1 aromatic rings. The van der Waals surface area contributed by atoms with Crippen molar-refractivity contribution in [2.75, 3.05) is 19.0 Å². The van der Waals surface area contributed by atoms with Crippen molar-refractivity contribution < 1.29 is 23.8 Å². The minimum Gasteiger partial charge on any atom is -0.494 e. The minimum absolute atomic E-state index is 0.0891. The summed E-state index contributed by atoms with van der Waals surface area (Å²) in [7, 11) is 1.35. The maximum absolute atomic E-state index is 13.4. The first-order chi connectivity index (χ1) is 9.43. The van der Waals surface area contributed by atoms with Crippen molar-refractivity contribution >= 4 is 17.7 Å². The van der Waals surface area contributed by atoms with Gasteiger partial charge in [-0.05, 0) is 18.6 Å². The number of benzene rings is 1. The van der Waals surface area contributed by atoms with Crippen LogP contribution in [0.1, 0.15) is 13.3 Å². The van der Waals surface area contributed by atoms with Gasteiger partial charge in [0.1, 0.15) is 0 Å². The molecule has 1 unspecified atom stereocenters. The number of urea groups is 1. The van der Waals surface area contributed by atoms with Gasteiger partial charge in [-0.3, -0.25) is 4.79 Å². The number of hydrogen-bond donors (Lipinski definition) is 3. The van der Waals surface area contributed by atoms with Crippen molar-refractivity contribution in [1.29, 1.82) is 0 Å². The second kappa shape index (κ2) is 7.32. The van der Waals surface area contributed by atoms with E-state index in [1.165, 1.54) is 19.2 Å². The van der Waals surface area contributed by atoms with Crippen LogP contribution in [-0.2, 0) is 4.79 Å². The number of carbonyl (C=O) groups is 2. The maximum atomic E-state index is 13.4. The molecule has 110 valence electrons. The van der Waals surface area contributed by atoms with Gasteiger partial charge in [-0.15, -0.1) is 0 Å². The molecule has 0 saturated carbocycles. The average molecular weight is 284 g/mol. The second-order valence-electron chi connectivity index (χ2n) is 4.26. The Morgan fingerprint density at radius 2 is 2.15 bits per heavy atom. The number of nitrogens with one attached hydrogen (secondary N) is 2. The fraction of sp³-hybridized carbons (Fsp3) is 0.385. The molecular formula is C13H17FN2O4. The SMILES string of the molecule is COc1ccc(NC(=O)NCCC(C)C(=O)O)cc1F. The third kappa shape index (κ3) is 4.75. The van der Waals surface area contributed by atoms with Gasteiger partial charge < -0.3 is 20.5 Å². The van der Waals surface area contributed by atoms with Gasteiger partial charge >= 0.3 is 12.0 Å². The summed E-state index contributed by atoms with van der Waals surface area (Å²) in [5.74, 6) is -1.94. The van der Waals surface area contributed by atoms with Crippen LogP contribution >= 0.6 is 0 Å². The van der Waals surface area contributed by atoms with Crippen molar-refractivity contribution in [3.63, 3.8) is 0 Å². The summed E-state index contributed by atoms with van der Waals surface area (Å²) in [6, 6.07) is 3.52. The molecular weight excluding hydrogens is 267 g/mol. The van der Waals surface area contributed by atoms with E-state index in [4.69, 9.17) is 9.84 Å². The minimum atomic E-state index is -0.913. The molecule has 7 heteroatoms. The van der Waals surface area contributed by atoms with E-state index in [0.29, 0.717) is 6.42 Å². The first-order valence-electron chi connectivity index (χ1n) is 6.05. The standard InChI is InChI=1S/C13H17FN2O4/c1-8(12(17)18)5-6-15-13(19)16-9-3-4-11(20-2)10(14)7-9/h3-4,7-8H,5-6H2,1-2H3,(H,17,18)(H2,15,16,19). The number of rotatable bonds is 6. The summed E-state index contributed by atoms with van der Waals surface area (Å²) in [6.07, 6.45) is 0.319. The van der Waals surface area contributed by atoms with Gasteiger partial charge in [0.25, 0.3) is 0 Å². The Labute approximate surface area is 115 Å². The molecule has 20 heavy (non-hydrogen) atoms. The number of carboxylic acids is 1. The maximum Gasteiger partial charge on any atom is 0.319 e.